The van der Waals surface area contributed by atoms with E-state index in [0.29, 0.717) is 10.4 Å². The Bertz CT molecular complexity index is 909. The van der Waals surface area contributed by atoms with Crippen LogP contribution in [0.25, 0.3) is 11.5 Å². The molecule has 0 amide bonds. The molecule has 1 aliphatic rings. The minimum atomic E-state index is -0.664. The minimum Gasteiger partial charge on any atom is -0.448 e. The van der Waals surface area contributed by atoms with Crippen molar-refractivity contribution in [1.82, 2.24) is 10.2 Å². The molecule has 0 fully saturated rings. The lowest BCUT2D eigenvalue weighted by molar-refractivity contribution is 0.0285. The van der Waals surface area contributed by atoms with Gasteiger partial charge in [0.05, 0.1) is 0 Å². The first-order chi connectivity index (χ1) is 12.6. The third kappa shape index (κ3) is 3.39. The van der Waals surface area contributed by atoms with Crippen LogP contribution in [-0.2, 0) is 17.6 Å². The number of carbonyl (C=O) groups is 1. The van der Waals surface area contributed by atoms with E-state index in [1.54, 1.807) is 19.1 Å². The van der Waals surface area contributed by atoms with Crippen molar-refractivity contribution < 1.29 is 18.3 Å². The topological polar surface area (TPSA) is 65.2 Å². The van der Waals surface area contributed by atoms with E-state index in [2.05, 4.69) is 10.2 Å². The highest BCUT2D eigenvalue weighted by molar-refractivity contribution is 7.14. The van der Waals surface area contributed by atoms with Gasteiger partial charge < -0.3 is 9.15 Å². The van der Waals surface area contributed by atoms with Gasteiger partial charge in [-0.05, 0) is 68.5 Å². The van der Waals surface area contributed by atoms with Gasteiger partial charge in [-0.15, -0.1) is 21.5 Å². The van der Waals surface area contributed by atoms with Gasteiger partial charge in [-0.3, -0.25) is 0 Å². The van der Waals surface area contributed by atoms with Crippen LogP contribution >= 0.6 is 11.3 Å². The van der Waals surface area contributed by atoms with Gasteiger partial charge in [0.2, 0.25) is 5.89 Å². The third-order valence-electron chi connectivity index (χ3n) is 4.36. The summed E-state index contributed by atoms with van der Waals surface area (Å²) in [7, 11) is 0. The molecular weight excluding hydrogens is 355 g/mol. The molecule has 2 aromatic heterocycles. The molecule has 0 radical (unpaired) electrons. The maximum absolute atomic E-state index is 13.0. The van der Waals surface area contributed by atoms with Crippen molar-refractivity contribution in [2.75, 3.05) is 0 Å². The highest BCUT2D eigenvalue weighted by atomic mass is 32.1. The van der Waals surface area contributed by atoms with Gasteiger partial charge in [0, 0.05) is 10.4 Å². The summed E-state index contributed by atoms with van der Waals surface area (Å²) in [6, 6.07) is 7.69. The van der Waals surface area contributed by atoms with E-state index < -0.39 is 6.10 Å². The molecule has 134 valence electrons. The summed E-state index contributed by atoms with van der Waals surface area (Å²) < 4.78 is 24.1. The van der Waals surface area contributed by atoms with E-state index in [1.807, 2.05) is 6.07 Å². The maximum Gasteiger partial charge on any atom is 0.349 e. The number of thiophene rings is 1. The van der Waals surface area contributed by atoms with Crippen molar-refractivity contribution in [2.45, 2.75) is 38.7 Å². The molecule has 1 atom stereocenters. The predicted octanol–water partition coefficient (Wildman–Crippen LogP) is 4.73. The second-order valence-corrected chi connectivity index (χ2v) is 7.40. The number of ether oxygens (including phenoxy) is 1. The zero-order valence-electron chi connectivity index (χ0n) is 14.2. The number of nitrogens with zero attached hydrogens (tertiary/aromatic N) is 2. The summed E-state index contributed by atoms with van der Waals surface area (Å²) in [5, 5.41) is 7.88. The van der Waals surface area contributed by atoms with Gasteiger partial charge in [-0.25, -0.2) is 9.18 Å². The van der Waals surface area contributed by atoms with E-state index in [9.17, 15) is 9.18 Å². The highest BCUT2D eigenvalue weighted by Crippen LogP contribution is 2.31. The maximum atomic E-state index is 13.0. The molecule has 3 aromatic rings. The Morgan fingerprint density at radius 1 is 1.23 bits per heavy atom. The summed E-state index contributed by atoms with van der Waals surface area (Å²) in [4.78, 5) is 14.3. The van der Waals surface area contributed by atoms with Crippen molar-refractivity contribution in [1.29, 1.82) is 0 Å². The first-order valence-corrected chi connectivity index (χ1v) is 9.33. The van der Waals surface area contributed by atoms with Gasteiger partial charge >= 0.3 is 5.97 Å². The molecular formula is C19H17FN2O3S. The van der Waals surface area contributed by atoms with Crippen molar-refractivity contribution in [2.24, 2.45) is 0 Å². The number of aryl methyl sites for hydroxylation is 2. The predicted molar refractivity (Wildman–Crippen MR) is 94.5 cm³/mol. The van der Waals surface area contributed by atoms with Crippen molar-refractivity contribution in [3.8, 4) is 11.5 Å². The molecule has 1 aliphatic carbocycles. The van der Waals surface area contributed by atoms with Crippen molar-refractivity contribution in [3.05, 3.63) is 57.4 Å². The quantitative estimate of drug-likeness (QED) is 0.619. The molecule has 5 nitrogen and oxygen atoms in total. The normalized spacial score (nSPS) is 14.7. The summed E-state index contributed by atoms with van der Waals surface area (Å²) in [5.74, 6) is -0.249. The van der Waals surface area contributed by atoms with E-state index in [0.717, 1.165) is 12.8 Å². The molecule has 0 aliphatic heterocycles. The summed E-state index contributed by atoms with van der Waals surface area (Å²) in [6.07, 6.45) is 3.74. The number of carbonyl (C=O) groups excluding carboxylic acids is 1. The van der Waals surface area contributed by atoms with E-state index in [-0.39, 0.29) is 23.6 Å². The molecule has 0 N–H and O–H groups in total. The third-order valence-corrected chi connectivity index (χ3v) is 5.58. The van der Waals surface area contributed by atoms with Crippen molar-refractivity contribution in [3.63, 3.8) is 0 Å². The smallest absolute Gasteiger partial charge is 0.349 e. The zero-order chi connectivity index (χ0) is 18.1. The molecule has 2 heterocycles. The lowest BCUT2D eigenvalue weighted by Crippen LogP contribution is -2.08. The molecule has 0 bridgehead atoms. The molecule has 0 unspecified atom stereocenters. The Morgan fingerprint density at radius 2 is 2.00 bits per heavy atom. The average Bonchev–Trinajstić information content (AvgIpc) is 3.29. The largest absolute Gasteiger partial charge is 0.448 e. The van der Waals surface area contributed by atoms with Crippen LogP contribution in [0.15, 0.2) is 34.7 Å². The molecule has 0 saturated heterocycles. The lowest BCUT2D eigenvalue weighted by atomic mass is 9.99. The number of hydrogen-bond donors (Lipinski definition) is 0. The number of esters is 1. The number of benzene rings is 1. The molecule has 26 heavy (non-hydrogen) atoms. The Balaban J connectivity index is 1.46. The summed E-state index contributed by atoms with van der Waals surface area (Å²) >= 11 is 1.51. The molecule has 0 saturated carbocycles. The highest BCUT2D eigenvalue weighted by Gasteiger charge is 2.23. The van der Waals surface area contributed by atoms with Crippen LogP contribution in [0.5, 0.6) is 0 Å². The van der Waals surface area contributed by atoms with Crippen LogP contribution in [-0.4, -0.2) is 16.2 Å². The lowest BCUT2D eigenvalue weighted by Gasteiger charge is -2.08. The van der Waals surface area contributed by atoms with Crippen LogP contribution < -0.4 is 0 Å². The minimum absolute atomic E-state index is 0.207. The molecule has 0 spiro atoms. The number of fused-ring (bicyclic) bond motifs is 1. The molecule has 4 rings (SSSR count). The first-order valence-electron chi connectivity index (χ1n) is 8.52. The SMILES string of the molecule is C[C@@H](OC(=O)c1cc2c(s1)CCCC2)c1nnc(-c2ccc(F)cc2)o1. The average molecular weight is 372 g/mol. The van der Waals surface area contributed by atoms with Crippen LogP contribution in [0, 0.1) is 5.82 Å². The second-order valence-electron chi connectivity index (χ2n) is 6.27. The van der Waals surface area contributed by atoms with Gasteiger partial charge in [0.25, 0.3) is 5.89 Å². The monoisotopic (exact) mass is 372 g/mol. The Labute approximate surface area is 153 Å². The number of halogens is 1. The number of aromatic nitrogens is 2. The van der Waals surface area contributed by atoms with Crippen LogP contribution in [0.1, 0.15) is 51.9 Å². The van der Waals surface area contributed by atoms with Gasteiger partial charge in [-0.1, -0.05) is 0 Å². The fraction of sp³-hybridized carbons (Fsp3) is 0.316. The van der Waals surface area contributed by atoms with Gasteiger partial charge in [0.1, 0.15) is 10.7 Å². The Morgan fingerprint density at radius 3 is 2.77 bits per heavy atom. The standard InChI is InChI=1S/C19H17FN2O3S/c1-11(17-21-22-18(25-17)12-6-8-14(20)9-7-12)24-19(23)16-10-13-4-2-3-5-15(13)26-16/h6-11H,2-5H2,1H3/t11-/m1/s1. The Hall–Kier alpha value is -2.54. The second kappa shape index (κ2) is 6.99. The van der Waals surface area contributed by atoms with E-state index in [4.69, 9.17) is 9.15 Å². The molecule has 1 aromatic carbocycles. The molecule has 7 heteroatoms. The van der Waals surface area contributed by atoms with Gasteiger partial charge in [0.15, 0.2) is 6.10 Å². The van der Waals surface area contributed by atoms with Crippen LogP contribution in [0.4, 0.5) is 4.39 Å². The summed E-state index contributed by atoms with van der Waals surface area (Å²) in [5.41, 5.74) is 1.87. The fourth-order valence-electron chi connectivity index (χ4n) is 2.97. The van der Waals surface area contributed by atoms with E-state index >= 15 is 0 Å². The van der Waals surface area contributed by atoms with Gasteiger partial charge in [-0.2, -0.15) is 0 Å². The van der Waals surface area contributed by atoms with E-state index in [1.165, 1.54) is 46.8 Å². The Kier molecular flexibility index (Phi) is 4.55. The first kappa shape index (κ1) is 16.9. The number of hydrogen-bond acceptors (Lipinski definition) is 6. The number of rotatable bonds is 4. The van der Waals surface area contributed by atoms with Crippen molar-refractivity contribution >= 4 is 17.3 Å². The van der Waals surface area contributed by atoms with Crippen LogP contribution in [0.2, 0.25) is 0 Å². The van der Waals surface area contributed by atoms with Crippen LogP contribution in [0.3, 0.4) is 0 Å². The summed E-state index contributed by atoms with van der Waals surface area (Å²) in [6.45, 7) is 1.69. The fourth-order valence-corrected chi connectivity index (χ4v) is 4.10. The zero-order valence-corrected chi connectivity index (χ0v) is 15.0.